The van der Waals surface area contributed by atoms with Crippen LogP contribution in [0.5, 0.6) is 0 Å². The fourth-order valence-electron chi connectivity index (χ4n) is 1.51. The van der Waals surface area contributed by atoms with Gasteiger partial charge in [0.15, 0.2) is 0 Å². The number of aromatic carboxylic acids is 1. The third-order valence-corrected chi connectivity index (χ3v) is 3.40. The molecular weight excluding hydrogens is 248 g/mol. The highest BCUT2D eigenvalue weighted by atomic mass is 32.2. The molecule has 4 nitrogen and oxygen atoms in total. The maximum Gasteiger partial charge on any atom is 0.337 e. The molecule has 2 rings (SSSR count). The average molecular weight is 260 g/mol. The summed E-state index contributed by atoms with van der Waals surface area (Å²) in [5.41, 5.74) is 7.23. The fourth-order valence-corrected chi connectivity index (χ4v) is 2.46. The van der Waals surface area contributed by atoms with Crippen LogP contribution in [0, 0.1) is 6.92 Å². The van der Waals surface area contributed by atoms with Gasteiger partial charge in [0.1, 0.15) is 5.03 Å². The number of hydrogen-bond donors (Lipinski definition) is 2. The fraction of sp³-hybridized carbons (Fsp3) is 0.0769. The van der Waals surface area contributed by atoms with Crippen molar-refractivity contribution < 1.29 is 9.90 Å². The lowest BCUT2D eigenvalue weighted by molar-refractivity contribution is 0.0697. The zero-order valence-electron chi connectivity index (χ0n) is 9.75. The molecule has 0 atom stereocenters. The second kappa shape index (κ2) is 5.10. The van der Waals surface area contributed by atoms with Gasteiger partial charge < -0.3 is 10.8 Å². The van der Waals surface area contributed by atoms with Crippen LogP contribution < -0.4 is 5.73 Å². The smallest absolute Gasteiger partial charge is 0.337 e. The minimum absolute atomic E-state index is 0.0835. The summed E-state index contributed by atoms with van der Waals surface area (Å²) >= 11 is 1.36. The van der Waals surface area contributed by atoms with Gasteiger partial charge in [-0.05, 0) is 25.1 Å². The molecule has 0 saturated carbocycles. The first-order valence-electron chi connectivity index (χ1n) is 5.30. The summed E-state index contributed by atoms with van der Waals surface area (Å²) in [6.07, 6.45) is 1.46. The third kappa shape index (κ3) is 2.62. The van der Waals surface area contributed by atoms with Crippen LogP contribution in [-0.4, -0.2) is 16.1 Å². The molecule has 92 valence electrons. The molecule has 0 saturated heterocycles. The van der Waals surface area contributed by atoms with Gasteiger partial charge in [0.25, 0.3) is 0 Å². The lowest BCUT2D eigenvalue weighted by atomic mass is 10.2. The number of hydrogen-bond acceptors (Lipinski definition) is 4. The Morgan fingerprint density at radius 1 is 1.39 bits per heavy atom. The molecule has 2 aromatic rings. The first-order chi connectivity index (χ1) is 8.58. The van der Waals surface area contributed by atoms with Crippen molar-refractivity contribution in [3.63, 3.8) is 0 Å². The van der Waals surface area contributed by atoms with Crippen LogP contribution in [0.15, 0.2) is 46.5 Å². The molecule has 0 fully saturated rings. The Kier molecular flexibility index (Phi) is 3.53. The Morgan fingerprint density at radius 2 is 2.17 bits per heavy atom. The van der Waals surface area contributed by atoms with Crippen LogP contribution in [0.25, 0.3) is 0 Å². The highest BCUT2D eigenvalue weighted by Gasteiger charge is 2.13. The van der Waals surface area contributed by atoms with Gasteiger partial charge in [-0.3, -0.25) is 0 Å². The summed E-state index contributed by atoms with van der Waals surface area (Å²) in [6.45, 7) is 1.99. The molecule has 0 aliphatic heterocycles. The van der Waals surface area contributed by atoms with Crippen LogP contribution in [0.4, 0.5) is 5.69 Å². The standard InChI is InChI=1S/C13H12N2O2S/c1-8-3-2-4-9(7-8)18-12-11(14)10(13(16)17)5-6-15-12/h2-7H,14H2,1H3,(H,16,17). The number of pyridine rings is 1. The van der Waals surface area contributed by atoms with E-state index in [0.717, 1.165) is 10.5 Å². The van der Waals surface area contributed by atoms with Crippen molar-refractivity contribution in [2.24, 2.45) is 0 Å². The number of anilines is 1. The van der Waals surface area contributed by atoms with E-state index < -0.39 is 5.97 Å². The lowest BCUT2D eigenvalue weighted by Gasteiger charge is -2.07. The Hall–Kier alpha value is -2.01. The normalized spacial score (nSPS) is 10.3. The van der Waals surface area contributed by atoms with E-state index in [2.05, 4.69) is 4.98 Å². The lowest BCUT2D eigenvalue weighted by Crippen LogP contribution is -2.04. The number of rotatable bonds is 3. The molecule has 1 heterocycles. The Bertz CT molecular complexity index is 599. The third-order valence-electron chi connectivity index (χ3n) is 2.39. The molecule has 0 amide bonds. The number of aryl methyl sites for hydroxylation is 1. The van der Waals surface area contributed by atoms with E-state index in [1.165, 1.54) is 24.0 Å². The Labute approximate surface area is 109 Å². The van der Waals surface area contributed by atoms with Crippen molar-refractivity contribution in [2.75, 3.05) is 5.73 Å². The highest BCUT2D eigenvalue weighted by molar-refractivity contribution is 7.99. The Balaban J connectivity index is 2.35. The molecule has 0 radical (unpaired) electrons. The van der Waals surface area contributed by atoms with E-state index in [0.29, 0.717) is 5.03 Å². The minimum atomic E-state index is -1.04. The van der Waals surface area contributed by atoms with E-state index >= 15 is 0 Å². The van der Waals surface area contributed by atoms with Gasteiger partial charge in [-0.25, -0.2) is 9.78 Å². The van der Waals surface area contributed by atoms with E-state index in [1.807, 2.05) is 31.2 Å². The SMILES string of the molecule is Cc1cccc(Sc2nccc(C(=O)O)c2N)c1. The predicted octanol–water partition coefficient (Wildman–Crippen LogP) is 2.82. The average Bonchev–Trinajstić information content (AvgIpc) is 2.31. The maximum atomic E-state index is 11.0. The zero-order valence-corrected chi connectivity index (χ0v) is 10.6. The molecule has 3 N–H and O–H groups in total. The van der Waals surface area contributed by atoms with Crippen molar-refractivity contribution >= 4 is 23.4 Å². The molecule has 0 unspecified atom stereocenters. The molecule has 0 aliphatic rings. The molecule has 5 heteroatoms. The van der Waals surface area contributed by atoms with Crippen molar-refractivity contribution in [2.45, 2.75) is 16.8 Å². The van der Waals surface area contributed by atoms with Crippen molar-refractivity contribution in [3.05, 3.63) is 47.7 Å². The number of benzene rings is 1. The van der Waals surface area contributed by atoms with E-state index in [-0.39, 0.29) is 11.3 Å². The minimum Gasteiger partial charge on any atom is -0.478 e. The van der Waals surface area contributed by atoms with Crippen molar-refractivity contribution in [1.29, 1.82) is 0 Å². The first kappa shape index (κ1) is 12.4. The molecule has 1 aromatic heterocycles. The van der Waals surface area contributed by atoms with Crippen LogP contribution in [-0.2, 0) is 0 Å². The summed E-state index contributed by atoms with van der Waals surface area (Å²) in [4.78, 5) is 16.1. The number of nitrogen functional groups attached to an aromatic ring is 1. The largest absolute Gasteiger partial charge is 0.478 e. The Morgan fingerprint density at radius 3 is 2.83 bits per heavy atom. The van der Waals surface area contributed by atoms with Gasteiger partial charge in [-0.15, -0.1) is 0 Å². The maximum absolute atomic E-state index is 11.0. The number of nitrogens with two attached hydrogens (primary N) is 1. The van der Waals surface area contributed by atoms with Crippen LogP contribution in [0.1, 0.15) is 15.9 Å². The molecule has 18 heavy (non-hydrogen) atoms. The van der Waals surface area contributed by atoms with E-state index in [1.54, 1.807) is 0 Å². The van der Waals surface area contributed by atoms with Gasteiger partial charge in [0.2, 0.25) is 0 Å². The molecular formula is C13H12N2O2S. The number of aromatic nitrogens is 1. The van der Waals surface area contributed by atoms with Crippen LogP contribution in [0.3, 0.4) is 0 Å². The van der Waals surface area contributed by atoms with E-state index in [4.69, 9.17) is 10.8 Å². The monoisotopic (exact) mass is 260 g/mol. The zero-order chi connectivity index (χ0) is 13.1. The van der Waals surface area contributed by atoms with Gasteiger partial charge in [-0.1, -0.05) is 29.5 Å². The second-order valence-corrected chi connectivity index (χ2v) is 4.86. The van der Waals surface area contributed by atoms with Crippen LogP contribution in [0.2, 0.25) is 0 Å². The van der Waals surface area contributed by atoms with E-state index in [9.17, 15) is 4.79 Å². The first-order valence-corrected chi connectivity index (χ1v) is 6.12. The van der Waals surface area contributed by atoms with Gasteiger partial charge >= 0.3 is 5.97 Å². The summed E-state index contributed by atoms with van der Waals surface area (Å²) in [5.74, 6) is -1.04. The molecule has 0 bridgehead atoms. The van der Waals surface area contributed by atoms with Gasteiger partial charge in [0, 0.05) is 11.1 Å². The predicted molar refractivity (Wildman–Crippen MR) is 70.9 cm³/mol. The highest BCUT2D eigenvalue weighted by Crippen LogP contribution is 2.32. The number of carboxylic acids is 1. The van der Waals surface area contributed by atoms with Crippen molar-refractivity contribution in [1.82, 2.24) is 4.98 Å². The summed E-state index contributed by atoms with van der Waals surface area (Å²) in [6, 6.07) is 9.27. The number of carbonyl (C=O) groups is 1. The summed E-state index contributed by atoms with van der Waals surface area (Å²) in [5, 5.41) is 9.50. The van der Waals surface area contributed by atoms with Crippen molar-refractivity contribution in [3.8, 4) is 0 Å². The topological polar surface area (TPSA) is 76.2 Å². The van der Waals surface area contributed by atoms with Gasteiger partial charge in [-0.2, -0.15) is 0 Å². The van der Waals surface area contributed by atoms with Crippen LogP contribution >= 0.6 is 11.8 Å². The molecule has 0 spiro atoms. The summed E-state index contributed by atoms with van der Waals surface area (Å²) < 4.78 is 0. The summed E-state index contributed by atoms with van der Waals surface area (Å²) in [7, 11) is 0. The second-order valence-electron chi connectivity index (χ2n) is 3.80. The molecule has 0 aliphatic carbocycles. The molecule has 1 aromatic carbocycles. The quantitative estimate of drug-likeness (QED) is 0.887. The number of carboxylic acid groups (broad SMARTS) is 1. The van der Waals surface area contributed by atoms with Gasteiger partial charge in [0.05, 0.1) is 11.3 Å². The number of nitrogens with zero attached hydrogens (tertiary/aromatic N) is 1.